The molecule has 0 aliphatic heterocycles. The summed E-state index contributed by atoms with van der Waals surface area (Å²) in [5.41, 5.74) is 0. The van der Waals surface area contributed by atoms with Crippen LogP contribution >= 0.6 is 0 Å². The highest BCUT2D eigenvalue weighted by atomic mass is 16.5. The SMILES string of the molecule is CCCCCCCCCOC(=O)/C=C/C(=O)OCC(CC)CCCC. The molecular weight excluding hydrogens is 316 g/mol. The average molecular weight is 355 g/mol. The minimum Gasteiger partial charge on any atom is -0.463 e. The van der Waals surface area contributed by atoms with E-state index < -0.39 is 11.9 Å². The maximum Gasteiger partial charge on any atom is 0.331 e. The van der Waals surface area contributed by atoms with E-state index in [-0.39, 0.29) is 0 Å². The van der Waals surface area contributed by atoms with Crippen LogP contribution in [-0.2, 0) is 19.1 Å². The van der Waals surface area contributed by atoms with Crippen LogP contribution in [0, 0.1) is 5.92 Å². The Labute approximate surface area is 154 Å². The van der Waals surface area contributed by atoms with Gasteiger partial charge in [0.2, 0.25) is 0 Å². The van der Waals surface area contributed by atoms with Gasteiger partial charge in [-0.3, -0.25) is 0 Å². The second kappa shape index (κ2) is 17.5. The van der Waals surface area contributed by atoms with Crippen LogP contribution < -0.4 is 0 Å². The first-order valence-electron chi connectivity index (χ1n) is 10.2. The van der Waals surface area contributed by atoms with Crippen molar-refractivity contribution in [1.29, 1.82) is 0 Å². The Morgan fingerprint density at radius 1 is 0.760 bits per heavy atom. The van der Waals surface area contributed by atoms with E-state index in [0.717, 1.165) is 44.6 Å². The van der Waals surface area contributed by atoms with Crippen molar-refractivity contribution in [3.05, 3.63) is 12.2 Å². The second-order valence-electron chi connectivity index (χ2n) is 6.67. The molecule has 0 aliphatic rings. The predicted molar refractivity (Wildman–Crippen MR) is 102 cm³/mol. The van der Waals surface area contributed by atoms with Crippen molar-refractivity contribution in [1.82, 2.24) is 0 Å². The molecule has 0 aromatic heterocycles. The largest absolute Gasteiger partial charge is 0.463 e. The molecule has 0 aromatic rings. The van der Waals surface area contributed by atoms with Crippen molar-refractivity contribution in [3.63, 3.8) is 0 Å². The molecule has 0 heterocycles. The number of rotatable bonds is 16. The zero-order valence-corrected chi connectivity index (χ0v) is 16.6. The maximum absolute atomic E-state index is 11.6. The summed E-state index contributed by atoms with van der Waals surface area (Å²) in [5, 5.41) is 0. The molecule has 0 aromatic carbocycles. The summed E-state index contributed by atoms with van der Waals surface area (Å²) in [6.07, 6.45) is 15.0. The van der Waals surface area contributed by atoms with Crippen molar-refractivity contribution < 1.29 is 19.1 Å². The van der Waals surface area contributed by atoms with Gasteiger partial charge in [-0.25, -0.2) is 9.59 Å². The van der Waals surface area contributed by atoms with Crippen LogP contribution in [0.2, 0.25) is 0 Å². The lowest BCUT2D eigenvalue weighted by molar-refractivity contribution is -0.141. The van der Waals surface area contributed by atoms with Gasteiger partial charge in [0.1, 0.15) is 0 Å². The summed E-state index contributed by atoms with van der Waals surface area (Å²) in [7, 11) is 0. The van der Waals surface area contributed by atoms with E-state index in [1.165, 1.54) is 38.2 Å². The Kier molecular flexibility index (Phi) is 16.6. The van der Waals surface area contributed by atoms with Gasteiger partial charge in [0, 0.05) is 12.2 Å². The lowest BCUT2D eigenvalue weighted by atomic mass is 10.0. The number of esters is 2. The zero-order valence-electron chi connectivity index (χ0n) is 16.6. The lowest BCUT2D eigenvalue weighted by Gasteiger charge is -2.13. The predicted octanol–water partition coefficient (Wildman–Crippen LogP) is 5.60. The fourth-order valence-electron chi connectivity index (χ4n) is 2.56. The minimum atomic E-state index is -0.471. The van der Waals surface area contributed by atoms with E-state index in [4.69, 9.17) is 9.47 Å². The molecule has 0 spiro atoms. The highest BCUT2D eigenvalue weighted by Gasteiger charge is 2.08. The summed E-state index contributed by atoms with van der Waals surface area (Å²) < 4.78 is 10.3. The van der Waals surface area contributed by atoms with E-state index >= 15 is 0 Å². The molecule has 0 aliphatic carbocycles. The highest BCUT2D eigenvalue weighted by Crippen LogP contribution is 2.13. The topological polar surface area (TPSA) is 52.6 Å². The molecule has 0 N–H and O–H groups in total. The van der Waals surface area contributed by atoms with Crippen LogP contribution in [-0.4, -0.2) is 25.2 Å². The monoisotopic (exact) mass is 354 g/mol. The molecule has 146 valence electrons. The van der Waals surface area contributed by atoms with Gasteiger partial charge in [-0.2, -0.15) is 0 Å². The molecule has 0 fully saturated rings. The molecule has 0 rings (SSSR count). The molecule has 0 saturated heterocycles. The number of carbonyl (C=O) groups is 2. The van der Waals surface area contributed by atoms with E-state index in [1.807, 2.05) is 0 Å². The van der Waals surface area contributed by atoms with Crippen LogP contribution in [0.4, 0.5) is 0 Å². The number of ether oxygens (including phenoxy) is 2. The molecule has 0 amide bonds. The first-order valence-corrected chi connectivity index (χ1v) is 10.2. The van der Waals surface area contributed by atoms with E-state index in [0.29, 0.717) is 19.1 Å². The van der Waals surface area contributed by atoms with Gasteiger partial charge < -0.3 is 9.47 Å². The van der Waals surface area contributed by atoms with Gasteiger partial charge in [-0.15, -0.1) is 0 Å². The summed E-state index contributed by atoms with van der Waals surface area (Å²) in [4.78, 5) is 23.2. The van der Waals surface area contributed by atoms with Crippen LogP contribution in [0.15, 0.2) is 12.2 Å². The molecule has 0 saturated carbocycles. The molecule has 4 nitrogen and oxygen atoms in total. The zero-order chi connectivity index (χ0) is 18.8. The highest BCUT2D eigenvalue weighted by molar-refractivity contribution is 5.91. The molecule has 25 heavy (non-hydrogen) atoms. The van der Waals surface area contributed by atoms with Gasteiger partial charge >= 0.3 is 11.9 Å². The first-order chi connectivity index (χ1) is 12.1. The van der Waals surface area contributed by atoms with E-state index in [2.05, 4.69) is 20.8 Å². The average Bonchev–Trinajstić information content (AvgIpc) is 2.62. The van der Waals surface area contributed by atoms with Gasteiger partial charge in [0.25, 0.3) is 0 Å². The van der Waals surface area contributed by atoms with Crippen LogP contribution in [0.25, 0.3) is 0 Å². The minimum absolute atomic E-state index is 0.404. The van der Waals surface area contributed by atoms with E-state index in [9.17, 15) is 9.59 Å². The lowest BCUT2D eigenvalue weighted by Crippen LogP contribution is -2.12. The van der Waals surface area contributed by atoms with Crippen molar-refractivity contribution in [2.24, 2.45) is 5.92 Å². The van der Waals surface area contributed by atoms with Crippen molar-refractivity contribution in [3.8, 4) is 0 Å². The summed E-state index contributed by atoms with van der Waals surface area (Å²) in [6.45, 7) is 7.30. The Morgan fingerprint density at radius 3 is 1.92 bits per heavy atom. The standard InChI is InChI=1S/C21H38O4/c1-4-7-9-10-11-12-13-17-24-20(22)15-16-21(23)25-18-19(6-3)14-8-5-2/h15-16,19H,4-14,17-18H2,1-3H3/b16-15+. The maximum atomic E-state index is 11.6. The van der Waals surface area contributed by atoms with Gasteiger partial charge in [-0.1, -0.05) is 78.6 Å². The van der Waals surface area contributed by atoms with Crippen molar-refractivity contribution in [2.45, 2.75) is 91.4 Å². The fourth-order valence-corrected chi connectivity index (χ4v) is 2.56. The van der Waals surface area contributed by atoms with E-state index in [1.54, 1.807) is 0 Å². The summed E-state index contributed by atoms with van der Waals surface area (Å²) in [5.74, 6) is -0.537. The van der Waals surface area contributed by atoms with Gasteiger partial charge in [-0.05, 0) is 18.8 Å². The van der Waals surface area contributed by atoms with Crippen molar-refractivity contribution in [2.75, 3.05) is 13.2 Å². The number of hydrogen-bond acceptors (Lipinski definition) is 4. The third-order valence-electron chi connectivity index (χ3n) is 4.35. The van der Waals surface area contributed by atoms with Crippen molar-refractivity contribution >= 4 is 11.9 Å². The Balaban J connectivity index is 3.70. The van der Waals surface area contributed by atoms with Crippen LogP contribution in [0.5, 0.6) is 0 Å². The third kappa shape index (κ3) is 15.9. The fraction of sp³-hybridized carbons (Fsp3) is 0.810. The summed E-state index contributed by atoms with van der Waals surface area (Å²) in [6, 6.07) is 0. The Morgan fingerprint density at radius 2 is 1.32 bits per heavy atom. The molecule has 1 unspecified atom stereocenters. The first kappa shape index (κ1) is 23.7. The molecular formula is C21H38O4. The third-order valence-corrected chi connectivity index (χ3v) is 4.35. The number of carbonyl (C=O) groups excluding carboxylic acids is 2. The van der Waals surface area contributed by atoms with Gasteiger partial charge in [0.05, 0.1) is 13.2 Å². The van der Waals surface area contributed by atoms with Crippen LogP contribution in [0.1, 0.15) is 91.4 Å². The number of unbranched alkanes of at least 4 members (excludes halogenated alkanes) is 7. The smallest absolute Gasteiger partial charge is 0.331 e. The number of hydrogen-bond donors (Lipinski definition) is 0. The van der Waals surface area contributed by atoms with Gasteiger partial charge in [0.15, 0.2) is 0 Å². The quantitative estimate of drug-likeness (QED) is 0.206. The molecule has 1 atom stereocenters. The Bertz CT molecular complexity index is 363. The normalized spacial score (nSPS) is 12.3. The molecule has 4 heteroatoms. The second-order valence-corrected chi connectivity index (χ2v) is 6.67. The summed E-state index contributed by atoms with van der Waals surface area (Å²) >= 11 is 0. The Hall–Kier alpha value is -1.32. The van der Waals surface area contributed by atoms with Crippen LogP contribution in [0.3, 0.4) is 0 Å². The molecule has 0 bridgehead atoms. The molecule has 0 radical (unpaired) electrons.